The third-order valence-corrected chi connectivity index (χ3v) is 7.08. The van der Waals surface area contributed by atoms with Gasteiger partial charge in [-0.25, -0.2) is 4.98 Å². The molecule has 1 aliphatic rings. The second-order valence-electron chi connectivity index (χ2n) is 7.43. The second-order valence-corrected chi connectivity index (χ2v) is 9.54. The first-order valence-electron chi connectivity index (χ1n) is 10.1. The molecule has 8 heteroatoms. The van der Waals surface area contributed by atoms with Crippen LogP contribution in [-0.2, 0) is 24.3 Å². The monoisotopic (exact) mass is 452 g/mol. The minimum absolute atomic E-state index is 0.00243. The zero-order chi connectivity index (χ0) is 21.8. The lowest BCUT2D eigenvalue weighted by Crippen LogP contribution is -2.37. The standard InChI is InChI=1S/C23H24N4O2S2/c1-15-20(11-25-22(28)14-31-18-6-4-3-5-7-18)19-8-9-27(12-17(19)10-24-15)23(29)21-13-30-16(2)26-21/h3-7,10,13H,8-9,11-12,14H2,1-2H3,(H,25,28). The van der Waals surface area contributed by atoms with Crippen LogP contribution < -0.4 is 5.32 Å². The summed E-state index contributed by atoms with van der Waals surface area (Å²) < 4.78 is 0. The lowest BCUT2D eigenvalue weighted by atomic mass is 9.94. The van der Waals surface area contributed by atoms with E-state index < -0.39 is 0 Å². The molecule has 160 valence electrons. The zero-order valence-electron chi connectivity index (χ0n) is 17.6. The molecule has 0 bridgehead atoms. The van der Waals surface area contributed by atoms with Gasteiger partial charge in [0.05, 0.1) is 10.8 Å². The average molecular weight is 453 g/mol. The molecule has 31 heavy (non-hydrogen) atoms. The molecule has 6 nitrogen and oxygen atoms in total. The molecule has 0 saturated heterocycles. The molecule has 2 amide bonds. The lowest BCUT2D eigenvalue weighted by Gasteiger charge is -2.30. The van der Waals surface area contributed by atoms with Gasteiger partial charge in [0, 0.05) is 41.8 Å². The molecule has 1 aromatic carbocycles. The van der Waals surface area contributed by atoms with E-state index in [-0.39, 0.29) is 11.8 Å². The number of aryl methyl sites for hydroxylation is 2. The number of thiazole rings is 1. The van der Waals surface area contributed by atoms with Crippen molar-refractivity contribution in [2.75, 3.05) is 12.3 Å². The van der Waals surface area contributed by atoms with Crippen LogP contribution in [0.25, 0.3) is 0 Å². The van der Waals surface area contributed by atoms with Crippen LogP contribution in [0.3, 0.4) is 0 Å². The highest BCUT2D eigenvalue weighted by Crippen LogP contribution is 2.25. The van der Waals surface area contributed by atoms with E-state index >= 15 is 0 Å². The Kier molecular flexibility index (Phi) is 6.67. The molecule has 0 radical (unpaired) electrons. The van der Waals surface area contributed by atoms with Gasteiger partial charge in [0.15, 0.2) is 0 Å². The predicted molar refractivity (Wildman–Crippen MR) is 123 cm³/mol. The quantitative estimate of drug-likeness (QED) is 0.577. The summed E-state index contributed by atoms with van der Waals surface area (Å²) >= 11 is 3.01. The topological polar surface area (TPSA) is 75.2 Å². The van der Waals surface area contributed by atoms with Gasteiger partial charge in [-0.15, -0.1) is 23.1 Å². The third kappa shape index (κ3) is 5.14. The molecule has 2 aromatic heterocycles. The van der Waals surface area contributed by atoms with Crippen LogP contribution in [0.5, 0.6) is 0 Å². The number of aromatic nitrogens is 2. The Hall–Kier alpha value is -2.71. The summed E-state index contributed by atoms with van der Waals surface area (Å²) in [6.45, 7) is 5.48. The van der Waals surface area contributed by atoms with Gasteiger partial charge >= 0.3 is 0 Å². The number of thioether (sulfide) groups is 1. The first kappa shape index (κ1) is 21.5. The predicted octanol–water partition coefficient (Wildman–Crippen LogP) is 3.76. The second kappa shape index (κ2) is 9.62. The van der Waals surface area contributed by atoms with Crippen LogP contribution >= 0.6 is 23.1 Å². The summed E-state index contributed by atoms with van der Waals surface area (Å²) in [4.78, 5) is 36.9. The number of carbonyl (C=O) groups is 2. The molecule has 3 heterocycles. The van der Waals surface area contributed by atoms with Crippen LogP contribution in [0.4, 0.5) is 0 Å². The van der Waals surface area contributed by atoms with E-state index in [2.05, 4.69) is 15.3 Å². The largest absolute Gasteiger partial charge is 0.351 e. The molecule has 0 atom stereocenters. The first-order chi connectivity index (χ1) is 15.0. The van der Waals surface area contributed by atoms with Crippen molar-refractivity contribution in [1.82, 2.24) is 20.2 Å². The summed E-state index contributed by atoms with van der Waals surface area (Å²) in [5.41, 5.74) is 4.73. The van der Waals surface area contributed by atoms with Crippen molar-refractivity contribution in [3.63, 3.8) is 0 Å². The molecule has 0 fully saturated rings. The maximum Gasteiger partial charge on any atom is 0.273 e. The summed E-state index contributed by atoms with van der Waals surface area (Å²) in [5.74, 6) is 0.335. The maximum atomic E-state index is 12.8. The van der Waals surface area contributed by atoms with Gasteiger partial charge in [0.25, 0.3) is 5.91 Å². The summed E-state index contributed by atoms with van der Waals surface area (Å²) in [6, 6.07) is 9.90. The van der Waals surface area contributed by atoms with E-state index in [0.717, 1.165) is 33.1 Å². The molecule has 1 N–H and O–H groups in total. The van der Waals surface area contributed by atoms with Crippen molar-refractivity contribution in [3.05, 3.63) is 75.0 Å². The normalized spacial score (nSPS) is 13.0. The van der Waals surface area contributed by atoms with Crippen molar-refractivity contribution in [1.29, 1.82) is 0 Å². The van der Waals surface area contributed by atoms with E-state index in [1.165, 1.54) is 28.7 Å². The van der Waals surface area contributed by atoms with Crippen LogP contribution in [-0.4, -0.2) is 39.0 Å². The number of nitrogens with zero attached hydrogens (tertiary/aromatic N) is 3. The smallest absolute Gasteiger partial charge is 0.273 e. The van der Waals surface area contributed by atoms with Gasteiger partial charge in [0.1, 0.15) is 5.69 Å². The Labute approximate surface area is 190 Å². The number of hydrogen-bond donors (Lipinski definition) is 1. The van der Waals surface area contributed by atoms with Gasteiger partial charge in [0.2, 0.25) is 5.91 Å². The van der Waals surface area contributed by atoms with Crippen molar-refractivity contribution in [2.45, 2.75) is 38.3 Å². The number of rotatable bonds is 6. The molecule has 0 spiro atoms. The summed E-state index contributed by atoms with van der Waals surface area (Å²) in [7, 11) is 0. The Morgan fingerprint density at radius 2 is 2.03 bits per heavy atom. The Morgan fingerprint density at radius 3 is 2.77 bits per heavy atom. The number of nitrogens with one attached hydrogen (secondary N) is 1. The highest BCUT2D eigenvalue weighted by molar-refractivity contribution is 8.00. The van der Waals surface area contributed by atoms with Crippen molar-refractivity contribution in [3.8, 4) is 0 Å². The van der Waals surface area contributed by atoms with E-state index in [9.17, 15) is 9.59 Å². The summed E-state index contributed by atoms with van der Waals surface area (Å²) in [6.07, 6.45) is 2.60. The average Bonchev–Trinajstić information content (AvgIpc) is 3.23. The highest BCUT2D eigenvalue weighted by Gasteiger charge is 2.26. The number of fused-ring (bicyclic) bond motifs is 1. The third-order valence-electron chi connectivity index (χ3n) is 5.30. The number of hydrogen-bond acceptors (Lipinski definition) is 6. The lowest BCUT2D eigenvalue weighted by molar-refractivity contribution is -0.118. The van der Waals surface area contributed by atoms with Gasteiger partial charge in [-0.1, -0.05) is 18.2 Å². The molecule has 4 rings (SSSR count). The Bertz CT molecular complexity index is 1100. The van der Waals surface area contributed by atoms with Gasteiger partial charge < -0.3 is 10.2 Å². The maximum absolute atomic E-state index is 12.8. The van der Waals surface area contributed by atoms with Gasteiger partial charge in [-0.3, -0.25) is 14.6 Å². The molecular weight excluding hydrogens is 428 g/mol. The van der Waals surface area contributed by atoms with Crippen LogP contribution in [0.2, 0.25) is 0 Å². The van der Waals surface area contributed by atoms with E-state index in [0.29, 0.717) is 31.1 Å². The fourth-order valence-electron chi connectivity index (χ4n) is 3.66. The first-order valence-corrected chi connectivity index (χ1v) is 12.0. The van der Waals surface area contributed by atoms with Gasteiger partial charge in [-0.05, 0) is 49.1 Å². The zero-order valence-corrected chi connectivity index (χ0v) is 19.2. The van der Waals surface area contributed by atoms with Crippen molar-refractivity contribution in [2.24, 2.45) is 0 Å². The van der Waals surface area contributed by atoms with Crippen molar-refractivity contribution >= 4 is 34.9 Å². The minimum atomic E-state index is -0.0386. The van der Waals surface area contributed by atoms with Crippen LogP contribution in [0.1, 0.15) is 37.9 Å². The fraction of sp³-hybridized carbons (Fsp3) is 0.304. The summed E-state index contributed by atoms with van der Waals surface area (Å²) in [5, 5.41) is 5.74. The van der Waals surface area contributed by atoms with Crippen LogP contribution in [0.15, 0.2) is 46.8 Å². The Balaban J connectivity index is 1.40. The van der Waals surface area contributed by atoms with Gasteiger partial charge in [-0.2, -0.15) is 0 Å². The minimum Gasteiger partial charge on any atom is -0.351 e. The SMILES string of the molecule is Cc1nc(C(=O)N2CCc3c(cnc(C)c3CNC(=O)CSc3ccccc3)C2)cs1. The number of amides is 2. The molecular formula is C23H24N4O2S2. The molecule has 3 aromatic rings. The number of carbonyl (C=O) groups excluding carboxylic acids is 2. The molecule has 0 unspecified atom stereocenters. The molecule has 0 saturated carbocycles. The number of pyridine rings is 1. The fourth-order valence-corrected chi connectivity index (χ4v) is 4.99. The van der Waals surface area contributed by atoms with Crippen molar-refractivity contribution < 1.29 is 9.59 Å². The highest BCUT2D eigenvalue weighted by atomic mass is 32.2. The van der Waals surface area contributed by atoms with E-state index in [4.69, 9.17) is 0 Å². The van der Waals surface area contributed by atoms with E-state index in [1.807, 2.05) is 60.7 Å². The number of benzene rings is 1. The van der Waals surface area contributed by atoms with Crippen LogP contribution in [0, 0.1) is 13.8 Å². The molecule has 1 aliphatic heterocycles. The molecule has 0 aliphatic carbocycles. The van der Waals surface area contributed by atoms with E-state index in [1.54, 1.807) is 0 Å². The Morgan fingerprint density at radius 1 is 1.23 bits per heavy atom.